The molecule has 0 aliphatic heterocycles. The summed E-state index contributed by atoms with van der Waals surface area (Å²) in [6.45, 7) is 8.60. The van der Waals surface area contributed by atoms with Gasteiger partial charge in [0.2, 0.25) is 0 Å². The highest BCUT2D eigenvalue weighted by Crippen LogP contribution is 1.87. The van der Waals surface area contributed by atoms with Crippen molar-refractivity contribution in [3.05, 3.63) is 0 Å². The molecule has 0 bridgehead atoms. The van der Waals surface area contributed by atoms with Crippen molar-refractivity contribution >= 4 is 0 Å². The van der Waals surface area contributed by atoms with Crippen LogP contribution in [0.3, 0.4) is 0 Å². The van der Waals surface area contributed by atoms with Gasteiger partial charge in [-0.2, -0.15) is 0 Å². The van der Waals surface area contributed by atoms with Crippen LogP contribution in [0.4, 0.5) is 0 Å². The second-order valence-corrected chi connectivity index (χ2v) is 3.19. The van der Waals surface area contributed by atoms with Crippen LogP contribution in [-0.4, -0.2) is 43.8 Å². The Morgan fingerprint density at radius 3 is 2.38 bits per heavy atom. The monoisotopic (exact) mass is 188 g/mol. The third-order valence-electron chi connectivity index (χ3n) is 2.34. The Bertz CT molecular complexity index is 87.8. The Kier molecular flexibility index (Phi) is 8.33. The maximum Gasteiger partial charge on any atom is 0.0455 e. The van der Waals surface area contributed by atoms with E-state index in [9.17, 15) is 0 Å². The van der Waals surface area contributed by atoms with Gasteiger partial charge in [-0.15, -0.1) is 0 Å². The van der Waals surface area contributed by atoms with Gasteiger partial charge in [0.15, 0.2) is 0 Å². The molecule has 0 heterocycles. The molecular weight excluding hydrogens is 164 g/mol. The SMILES string of the molecule is CCC(CN)NCCN(CC)CN. The Hall–Kier alpha value is -0.160. The third-order valence-corrected chi connectivity index (χ3v) is 2.34. The summed E-state index contributed by atoms with van der Waals surface area (Å²) >= 11 is 0. The number of hydrogen-bond donors (Lipinski definition) is 3. The van der Waals surface area contributed by atoms with Crippen molar-refractivity contribution in [3.63, 3.8) is 0 Å². The van der Waals surface area contributed by atoms with Crippen molar-refractivity contribution in [1.29, 1.82) is 0 Å². The Morgan fingerprint density at radius 2 is 2.00 bits per heavy atom. The van der Waals surface area contributed by atoms with E-state index in [1.54, 1.807) is 0 Å². The molecule has 13 heavy (non-hydrogen) atoms. The third kappa shape index (κ3) is 5.99. The highest BCUT2D eigenvalue weighted by molar-refractivity contribution is 4.66. The van der Waals surface area contributed by atoms with Crippen molar-refractivity contribution in [3.8, 4) is 0 Å². The zero-order chi connectivity index (χ0) is 10.1. The van der Waals surface area contributed by atoms with Crippen LogP contribution in [0.5, 0.6) is 0 Å². The van der Waals surface area contributed by atoms with Gasteiger partial charge < -0.3 is 16.8 Å². The molecular formula is C9H24N4. The minimum Gasteiger partial charge on any atom is -0.329 e. The van der Waals surface area contributed by atoms with Crippen LogP contribution in [0, 0.1) is 0 Å². The van der Waals surface area contributed by atoms with Gasteiger partial charge in [-0.25, -0.2) is 0 Å². The second kappa shape index (κ2) is 8.44. The first-order chi connectivity index (χ1) is 6.28. The van der Waals surface area contributed by atoms with E-state index in [0.29, 0.717) is 19.3 Å². The van der Waals surface area contributed by atoms with Gasteiger partial charge in [0.25, 0.3) is 0 Å². The molecule has 4 nitrogen and oxygen atoms in total. The molecule has 0 aromatic heterocycles. The molecule has 0 saturated heterocycles. The van der Waals surface area contributed by atoms with Crippen LogP contribution in [0.2, 0.25) is 0 Å². The molecule has 0 spiro atoms. The fourth-order valence-electron chi connectivity index (χ4n) is 1.20. The van der Waals surface area contributed by atoms with Crippen LogP contribution < -0.4 is 16.8 Å². The van der Waals surface area contributed by atoms with E-state index in [0.717, 1.165) is 26.1 Å². The minimum absolute atomic E-state index is 0.455. The van der Waals surface area contributed by atoms with Gasteiger partial charge in [0.05, 0.1) is 0 Å². The van der Waals surface area contributed by atoms with Crippen LogP contribution in [0.25, 0.3) is 0 Å². The lowest BCUT2D eigenvalue weighted by Crippen LogP contribution is -2.41. The molecule has 80 valence electrons. The first-order valence-electron chi connectivity index (χ1n) is 5.14. The normalized spacial score (nSPS) is 13.6. The van der Waals surface area contributed by atoms with Crippen molar-refractivity contribution in [2.75, 3.05) is 32.8 Å². The van der Waals surface area contributed by atoms with Crippen LogP contribution in [-0.2, 0) is 0 Å². The minimum atomic E-state index is 0.455. The second-order valence-electron chi connectivity index (χ2n) is 3.19. The lowest BCUT2D eigenvalue weighted by Gasteiger charge is -2.20. The summed E-state index contributed by atoms with van der Waals surface area (Å²) in [5.74, 6) is 0. The van der Waals surface area contributed by atoms with Crippen molar-refractivity contribution in [1.82, 2.24) is 10.2 Å². The van der Waals surface area contributed by atoms with Crippen LogP contribution in [0.1, 0.15) is 20.3 Å². The smallest absolute Gasteiger partial charge is 0.0455 e. The lowest BCUT2D eigenvalue weighted by molar-refractivity contribution is 0.289. The molecule has 0 amide bonds. The Labute approximate surface area is 81.6 Å². The summed E-state index contributed by atoms with van der Waals surface area (Å²) in [6.07, 6.45) is 1.09. The van der Waals surface area contributed by atoms with E-state index in [1.807, 2.05) is 0 Å². The first kappa shape index (κ1) is 12.8. The van der Waals surface area contributed by atoms with E-state index in [2.05, 4.69) is 24.1 Å². The van der Waals surface area contributed by atoms with Crippen molar-refractivity contribution in [2.45, 2.75) is 26.3 Å². The first-order valence-corrected chi connectivity index (χ1v) is 5.14. The number of nitrogens with zero attached hydrogens (tertiary/aromatic N) is 1. The van der Waals surface area contributed by atoms with Crippen LogP contribution in [0.15, 0.2) is 0 Å². The summed E-state index contributed by atoms with van der Waals surface area (Å²) < 4.78 is 0. The molecule has 0 saturated carbocycles. The fourth-order valence-corrected chi connectivity index (χ4v) is 1.20. The Morgan fingerprint density at radius 1 is 1.31 bits per heavy atom. The van der Waals surface area contributed by atoms with Gasteiger partial charge in [0.1, 0.15) is 0 Å². The zero-order valence-electron chi connectivity index (χ0n) is 8.92. The van der Waals surface area contributed by atoms with E-state index >= 15 is 0 Å². The molecule has 5 N–H and O–H groups in total. The predicted molar refractivity (Wildman–Crippen MR) is 57.4 cm³/mol. The van der Waals surface area contributed by atoms with E-state index in [1.165, 1.54) is 0 Å². The maximum atomic E-state index is 5.56. The molecule has 1 unspecified atom stereocenters. The summed E-state index contributed by atoms with van der Waals surface area (Å²) in [5.41, 5.74) is 11.1. The summed E-state index contributed by atoms with van der Waals surface area (Å²) in [4.78, 5) is 2.19. The molecule has 0 radical (unpaired) electrons. The topological polar surface area (TPSA) is 67.3 Å². The number of likely N-dealkylation sites (N-methyl/N-ethyl adjacent to an activating group) is 1. The largest absolute Gasteiger partial charge is 0.329 e. The lowest BCUT2D eigenvalue weighted by atomic mass is 10.2. The average Bonchev–Trinajstić information content (AvgIpc) is 2.19. The highest BCUT2D eigenvalue weighted by atomic mass is 15.2. The Balaban J connectivity index is 3.41. The van der Waals surface area contributed by atoms with Crippen molar-refractivity contribution in [2.24, 2.45) is 11.5 Å². The van der Waals surface area contributed by atoms with E-state index < -0.39 is 0 Å². The van der Waals surface area contributed by atoms with E-state index in [4.69, 9.17) is 11.5 Å². The van der Waals surface area contributed by atoms with Gasteiger partial charge in [-0.3, -0.25) is 4.90 Å². The van der Waals surface area contributed by atoms with E-state index in [-0.39, 0.29) is 0 Å². The number of nitrogens with one attached hydrogen (secondary N) is 1. The summed E-state index contributed by atoms with van der Waals surface area (Å²) in [5, 5.41) is 3.40. The molecule has 0 aromatic carbocycles. The van der Waals surface area contributed by atoms with Crippen molar-refractivity contribution < 1.29 is 0 Å². The zero-order valence-corrected chi connectivity index (χ0v) is 8.92. The van der Waals surface area contributed by atoms with Gasteiger partial charge >= 0.3 is 0 Å². The fraction of sp³-hybridized carbons (Fsp3) is 1.00. The summed E-state index contributed by atoms with van der Waals surface area (Å²) in [7, 11) is 0. The van der Waals surface area contributed by atoms with Gasteiger partial charge in [0, 0.05) is 32.3 Å². The number of rotatable bonds is 8. The molecule has 0 aliphatic rings. The maximum absolute atomic E-state index is 5.56. The highest BCUT2D eigenvalue weighted by Gasteiger charge is 2.03. The molecule has 0 aliphatic carbocycles. The quantitative estimate of drug-likeness (QED) is 0.451. The van der Waals surface area contributed by atoms with Crippen LogP contribution >= 0.6 is 0 Å². The molecule has 0 fully saturated rings. The molecule has 0 aromatic rings. The van der Waals surface area contributed by atoms with Gasteiger partial charge in [-0.05, 0) is 13.0 Å². The van der Waals surface area contributed by atoms with Gasteiger partial charge in [-0.1, -0.05) is 13.8 Å². The standard InChI is InChI=1S/C9H24N4/c1-3-9(7-10)12-5-6-13(4-2)8-11/h9,12H,3-8,10-11H2,1-2H3. The molecule has 0 rings (SSSR count). The molecule has 1 atom stereocenters. The summed E-state index contributed by atoms with van der Waals surface area (Å²) in [6, 6.07) is 0.455. The average molecular weight is 188 g/mol. The molecule has 4 heteroatoms. The number of hydrogen-bond acceptors (Lipinski definition) is 4. The predicted octanol–water partition coefficient (Wildman–Crippen LogP) is -0.449. The number of nitrogens with two attached hydrogens (primary N) is 2.